The molecule has 0 atom stereocenters. The molecule has 0 aliphatic rings. The van der Waals surface area contributed by atoms with Crippen LogP contribution in [0, 0.1) is 0 Å². The highest BCUT2D eigenvalue weighted by Crippen LogP contribution is 2.31. The van der Waals surface area contributed by atoms with Gasteiger partial charge in [0.15, 0.2) is 0 Å². The second-order valence-corrected chi connectivity index (χ2v) is 5.32. The van der Waals surface area contributed by atoms with Crippen molar-refractivity contribution in [3.8, 4) is 11.1 Å². The summed E-state index contributed by atoms with van der Waals surface area (Å²) in [6, 6.07) is 18.1. The molecule has 2 aromatic carbocycles. The van der Waals surface area contributed by atoms with Crippen molar-refractivity contribution in [3.05, 3.63) is 72.0 Å². The zero-order valence-corrected chi connectivity index (χ0v) is 11.9. The molecule has 0 fully saturated rings. The lowest BCUT2D eigenvalue weighted by molar-refractivity contribution is 1.39. The summed E-state index contributed by atoms with van der Waals surface area (Å²) >= 11 is 6.26. The Hall–Kier alpha value is -2.45. The average molecular weight is 291 g/mol. The predicted octanol–water partition coefficient (Wildman–Crippen LogP) is 5.10. The van der Waals surface area contributed by atoms with Gasteiger partial charge in [-0.2, -0.15) is 0 Å². The molecule has 0 saturated carbocycles. The number of aromatic nitrogens is 2. The lowest BCUT2D eigenvalue weighted by atomic mass is 10.0. The minimum Gasteiger partial charge on any atom is -0.256 e. The van der Waals surface area contributed by atoms with Crippen molar-refractivity contribution in [2.45, 2.75) is 0 Å². The molecular formula is C18H11ClN2. The molecule has 0 radical (unpaired) electrons. The van der Waals surface area contributed by atoms with E-state index in [-0.39, 0.29) is 0 Å². The van der Waals surface area contributed by atoms with Gasteiger partial charge in [-0.15, -0.1) is 0 Å². The van der Waals surface area contributed by atoms with Crippen molar-refractivity contribution in [2.24, 2.45) is 0 Å². The lowest BCUT2D eigenvalue weighted by Gasteiger charge is -2.07. The molecule has 0 N–H and O–H groups in total. The standard InChI is InChI=1S/C18H11ClN2/c19-16-8-9-20-18-14(5-3-6-15(16)18)13-10-12-4-1-2-7-17(12)21-11-13/h1-11H. The molecule has 2 heterocycles. The largest absolute Gasteiger partial charge is 0.256 e. The Bertz CT molecular complexity index is 963. The highest BCUT2D eigenvalue weighted by molar-refractivity contribution is 6.35. The van der Waals surface area contributed by atoms with E-state index in [1.807, 2.05) is 42.6 Å². The van der Waals surface area contributed by atoms with Crippen LogP contribution in [0.4, 0.5) is 0 Å². The summed E-state index contributed by atoms with van der Waals surface area (Å²) in [6.07, 6.45) is 3.63. The van der Waals surface area contributed by atoms with E-state index >= 15 is 0 Å². The molecule has 21 heavy (non-hydrogen) atoms. The van der Waals surface area contributed by atoms with Gasteiger partial charge in [-0.25, -0.2) is 0 Å². The van der Waals surface area contributed by atoms with Crippen molar-refractivity contribution in [2.75, 3.05) is 0 Å². The first kappa shape index (κ1) is 12.3. The maximum atomic E-state index is 6.26. The Kier molecular flexibility index (Phi) is 2.83. The van der Waals surface area contributed by atoms with Crippen LogP contribution in [0.15, 0.2) is 67.0 Å². The molecule has 3 heteroatoms. The topological polar surface area (TPSA) is 25.8 Å². The Morgan fingerprint density at radius 2 is 1.76 bits per heavy atom. The van der Waals surface area contributed by atoms with E-state index in [0.717, 1.165) is 38.0 Å². The second-order valence-electron chi connectivity index (χ2n) is 4.91. The molecule has 0 aliphatic carbocycles. The van der Waals surface area contributed by atoms with E-state index in [2.05, 4.69) is 28.2 Å². The highest BCUT2D eigenvalue weighted by Gasteiger charge is 2.08. The van der Waals surface area contributed by atoms with Crippen LogP contribution in [0.25, 0.3) is 32.9 Å². The molecule has 4 rings (SSSR count). The van der Waals surface area contributed by atoms with Crippen molar-refractivity contribution in [1.29, 1.82) is 0 Å². The van der Waals surface area contributed by atoms with E-state index in [1.54, 1.807) is 6.20 Å². The molecule has 100 valence electrons. The van der Waals surface area contributed by atoms with Gasteiger partial charge in [-0.3, -0.25) is 9.97 Å². The molecule has 4 aromatic rings. The molecule has 2 nitrogen and oxygen atoms in total. The highest BCUT2D eigenvalue weighted by atomic mass is 35.5. The van der Waals surface area contributed by atoms with E-state index in [9.17, 15) is 0 Å². The number of para-hydroxylation sites is 2. The summed E-state index contributed by atoms with van der Waals surface area (Å²) in [4.78, 5) is 9.01. The van der Waals surface area contributed by atoms with E-state index in [0.29, 0.717) is 0 Å². The number of nitrogens with zero attached hydrogens (tertiary/aromatic N) is 2. The average Bonchev–Trinajstić information content (AvgIpc) is 2.54. The molecule has 0 aliphatic heterocycles. The molecular weight excluding hydrogens is 280 g/mol. The quantitative estimate of drug-likeness (QED) is 0.487. The molecule has 2 aromatic heterocycles. The van der Waals surface area contributed by atoms with E-state index in [1.165, 1.54) is 0 Å². The van der Waals surface area contributed by atoms with Crippen LogP contribution in [0.3, 0.4) is 0 Å². The number of hydrogen-bond donors (Lipinski definition) is 0. The van der Waals surface area contributed by atoms with Gasteiger partial charge in [0.1, 0.15) is 0 Å². The van der Waals surface area contributed by atoms with Gasteiger partial charge in [0.25, 0.3) is 0 Å². The maximum Gasteiger partial charge on any atom is 0.0795 e. The number of benzene rings is 2. The summed E-state index contributed by atoms with van der Waals surface area (Å²) in [5.74, 6) is 0. The van der Waals surface area contributed by atoms with Gasteiger partial charge in [-0.05, 0) is 18.2 Å². The monoisotopic (exact) mass is 290 g/mol. The van der Waals surface area contributed by atoms with Gasteiger partial charge in [0.2, 0.25) is 0 Å². The molecule has 0 amide bonds. The maximum absolute atomic E-state index is 6.26. The number of halogens is 1. The molecule has 0 bridgehead atoms. The van der Waals surface area contributed by atoms with Gasteiger partial charge < -0.3 is 0 Å². The molecule has 0 spiro atoms. The minimum atomic E-state index is 0.718. The van der Waals surface area contributed by atoms with E-state index in [4.69, 9.17) is 11.6 Å². The summed E-state index contributed by atoms with van der Waals surface area (Å²) in [6.45, 7) is 0. The van der Waals surface area contributed by atoms with Crippen LogP contribution in [0.1, 0.15) is 0 Å². The minimum absolute atomic E-state index is 0.718. The van der Waals surface area contributed by atoms with Crippen molar-refractivity contribution in [3.63, 3.8) is 0 Å². The number of rotatable bonds is 1. The SMILES string of the molecule is Clc1ccnc2c(-c3cnc4ccccc4c3)cccc12. The second kappa shape index (κ2) is 4.83. The van der Waals surface area contributed by atoms with Crippen LogP contribution < -0.4 is 0 Å². The van der Waals surface area contributed by atoms with Crippen LogP contribution in [-0.2, 0) is 0 Å². The fraction of sp³-hybridized carbons (Fsp3) is 0. The normalized spacial score (nSPS) is 11.1. The van der Waals surface area contributed by atoms with Gasteiger partial charge in [0.05, 0.1) is 16.1 Å². The summed E-state index contributed by atoms with van der Waals surface area (Å²) in [5, 5.41) is 2.80. The number of pyridine rings is 2. The first-order valence-electron chi connectivity index (χ1n) is 6.71. The Balaban J connectivity index is 2.02. The Morgan fingerprint density at radius 1 is 0.857 bits per heavy atom. The zero-order valence-electron chi connectivity index (χ0n) is 11.1. The third-order valence-corrected chi connectivity index (χ3v) is 3.95. The Morgan fingerprint density at radius 3 is 2.71 bits per heavy atom. The first-order valence-corrected chi connectivity index (χ1v) is 7.09. The van der Waals surface area contributed by atoms with Crippen molar-refractivity contribution < 1.29 is 0 Å². The zero-order chi connectivity index (χ0) is 14.2. The lowest BCUT2D eigenvalue weighted by Crippen LogP contribution is -1.87. The van der Waals surface area contributed by atoms with Crippen LogP contribution in [-0.4, -0.2) is 9.97 Å². The number of hydrogen-bond acceptors (Lipinski definition) is 2. The van der Waals surface area contributed by atoms with Gasteiger partial charge in [-0.1, -0.05) is 48.0 Å². The van der Waals surface area contributed by atoms with Crippen LogP contribution in [0.5, 0.6) is 0 Å². The molecule has 0 saturated heterocycles. The third kappa shape index (κ3) is 2.05. The smallest absolute Gasteiger partial charge is 0.0795 e. The van der Waals surface area contributed by atoms with Gasteiger partial charge >= 0.3 is 0 Å². The van der Waals surface area contributed by atoms with E-state index < -0.39 is 0 Å². The van der Waals surface area contributed by atoms with Crippen LogP contribution >= 0.6 is 11.6 Å². The molecule has 0 unspecified atom stereocenters. The third-order valence-electron chi connectivity index (χ3n) is 3.62. The van der Waals surface area contributed by atoms with Crippen molar-refractivity contribution >= 4 is 33.4 Å². The summed E-state index contributed by atoms with van der Waals surface area (Å²) in [7, 11) is 0. The first-order chi connectivity index (χ1) is 10.3. The summed E-state index contributed by atoms with van der Waals surface area (Å²) < 4.78 is 0. The fourth-order valence-electron chi connectivity index (χ4n) is 2.59. The summed E-state index contributed by atoms with van der Waals surface area (Å²) in [5.41, 5.74) is 4.00. The van der Waals surface area contributed by atoms with Crippen LogP contribution in [0.2, 0.25) is 5.02 Å². The van der Waals surface area contributed by atoms with Crippen molar-refractivity contribution in [1.82, 2.24) is 9.97 Å². The van der Waals surface area contributed by atoms with Gasteiger partial charge in [0, 0.05) is 34.3 Å². The Labute approximate surface area is 127 Å². The fourth-order valence-corrected chi connectivity index (χ4v) is 2.80. The number of fused-ring (bicyclic) bond motifs is 2. The predicted molar refractivity (Wildman–Crippen MR) is 87.5 cm³/mol.